The molecule has 0 fully saturated rings. The number of rotatable bonds is 8. The van der Waals surface area contributed by atoms with Gasteiger partial charge in [-0.05, 0) is 32.1 Å². The summed E-state index contributed by atoms with van der Waals surface area (Å²) in [6.45, 7) is 6.64. The summed E-state index contributed by atoms with van der Waals surface area (Å²) < 4.78 is 11.8. The standard InChI is InChI=1S/C14H25F/c1-4-6-11-14(9-5-2)13(3)10-7-8-12-15/h8,10,12,14H,4-7,9,11H2,1-3H3/b12-8+,13-10+. The maximum atomic E-state index is 11.8. The molecule has 1 heteroatoms. The number of allylic oxidation sites excluding steroid dienone is 3. The van der Waals surface area contributed by atoms with Gasteiger partial charge in [0.15, 0.2) is 0 Å². The molecular weight excluding hydrogens is 187 g/mol. The van der Waals surface area contributed by atoms with Crippen LogP contribution in [0.3, 0.4) is 0 Å². The van der Waals surface area contributed by atoms with Crippen LogP contribution in [0.1, 0.15) is 59.3 Å². The summed E-state index contributed by atoms with van der Waals surface area (Å²) >= 11 is 0. The van der Waals surface area contributed by atoms with Gasteiger partial charge >= 0.3 is 0 Å². The molecule has 0 aromatic carbocycles. The predicted molar refractivity (Wildman–Crippen MR) is 66.5 cm³/mol. The Labute approximate surface area is 94.3 Å². The summed E-state index contributed by atoms with van der Waals surface area (Å²) in [4.78, 5) is 0. The molecule has 0 aliphatic rings. The first-order valence-corrected chi connectivity index (χ1v) is 6.18. The average molecular weight is 212 g/mol. The molecule has 0 saturated heterocycles. The quantitative estimate of drug-likeness (QED) is 0.472. The average Bonchev–Trinajstić information content (AvgIpc) is 2.24. The van der Waals surface area contributed by atoms with Crippen LogP contribution in [0.2, 0.25) is 0 Å². The van der Waals surface area contributed by atoms with Crippen molar-refractivity contribution in [1.82, 2.24) is 0 Å². The van der Waals surface area contributed by atoms with E-state index in [1.807, 2.05) is 0 Å². The van der Waals surface area contributed by atoms with Crippen molar-refractivity contribution in [2.24, 2.45) is 5.92 Å². The van der Waals surface area contributed by atoms with E-state index in [0.717, 1.165) is 6.42 Å². The first-order chi connectivity index (χ1) is 7.26. The Hall–Kier alpha value is -0.590. The maximum absolute atomic E-state index is 11.8. The third-order valence-corrected chi connectivity index (χ3v) is 2.85. The van der Waals surface area contributed by atoms with Crippen molar-refractivity contribution in [3.05, 3.63) is 24.1 Å². The molecule has 0 nitrogen and oxygen atoms in total. The molecule has 1 unspecified atom stereocenters. The Morgan fingerprint density at radius 1 is 1.20 bits per heavy atom. The number of halogens is 1. The van der Waals surface area contributed by atoms with Gasteiger partial charge in [0.1, 0.15) is 0 Å². The van der Waals surface area contributed by atoms with Gasteiger partial charge in [0.2, 0.25) is 0 Å². The number of unbranched alkanes of at least 4 members (excludes halogenated alkanes) is 1. The molecule has 0 rings (SSSR count). The van der Waals surface area contributed by atoms with Crippen molar-refractivity contribution in [1.29, 1.82) is 0 Å². The molecule has 0 aromatic rings. The topological polar surface area (TPSA) is 0 Å². The molecule has 0 aliphatic carbocycles. The van der Waals surface area contributed by atoms with Crippen molar-refractivity contribution in [3.8, 4) is 0 Å². The van der Waals surface area contributed by atoms with Gasteiger partial charge in [-0.25, -0.2) is 4.39 Å². The first kappa shape index (κ1) is 14.4. The molecule has 0 aromatic heterocycles. The largest absolute Gasteiger partial charge is 0.216 e. The highest BCUT2D eigenvalue weighted by atomic mass is 19.1. The molecule has 0 saturated carbocycles. The zero-order chi connectivity index (χ0) is 11.5. The van der Waals surface area contributed by atoms with Crippen molar-refractivity contribution >= 4 is 0 Å². The maximum Gasteiger partial charge on any atom is 0.0830 e. The van der Waals surface area contributed by atoms with E-state index in [1.165, 1.54) is 37.7 Å². The summed E-state index contributed by atoms with van der Waals surface area (Å²) in [5.41, 5.74) is 1.43. The Kier molecular flexibility index (Phi) is 9.55. The lowest BCUT2D eigenvalue weighted by Crippen LogP contribution is -2.01. The Balaban J connectivity index is 4.12. The predicted octanol–water partition coefficient (Wildman–Crippen LogP) is 5.41. The highest BCUT2D eigenvalue weighted by Crippen LogP contribution is 2.23. The first-order valence-electron chi connectivity index (χ1n) is 6.18. The van der Waals surface area contributed by atoms with Crippen molar-refractivity contribution in [2.75, 3.05) is 0 Å². The lowest BCUT2D eigenvalue weighted by molar-refractivity contribution is 0.487. The molecular formula is C14H25F. The van der Waals surface area contributed by atoms with E-state index in [4.69, 9.17) is 0 Å². The van der Waals surface area contributed by atoms with E-state index in [9.17, 15) is 4.39 Å². The molecule has 0 heterocycles. The van der Waals surface area contributed by atoms with Crippen molar-refractivity contribution in [3.63, 3.8) is 0 Å². The SMILES string of the molecule is CCCCC(CCC)/C(C)=C/C/C=C/F. The molecule has 1 atom stereocenters. The van der Waals surface area contributed by atoms with Gasteiger partial charge in [-0.3, -0.25) is 0 Å². The molecule has 15 heavy (non-hydrogen) atoms. The molecule has 0 spiro atoms. The zero-order valence-electron chi connectivity index (χ0n) is 10.4. The van der Waals surface area contributed by atoms with Crippen LogP contribution in [0.15, 0.2) is 24.1 Å². The van der Waals surface area contributed by atoms with E-state index < -0.39 is 0 Å². The minimum atomic E-state index is 0.630. The van der Waals surface area contributed by atoms with Crippen LogP contribution >= 0.6 is 0 Å². The lowest BCUT2D eigenvalue weighted by atomic mass is 9.90. The highest BCUT2D eigenvalue weighted by molar-refractivity contribution is 5.05. The van der Waals surface area contributed by atoms with Gasteiger partial charge in [-0.2, -0.15) is 0 Å². The summed E-state index contributed by atoms with van der Waals surface area (Å²) in [5, 5.41) is 0. The van der Waals surface area contributed by atoms with Gasteiger partial charge in [0, 0.05) is 0 Å². The zero-order valence-corrected chi connectivity index (χ0v) is 10.4. The van der Waals surface area contributed by atoms with Crippen molar-refractivity contribution < 1.29 is 4.39 Å². The van der Waals surface area contributed by atoms with E-state index in [2.05, 4.69) is 26.8 Å². The Bertz CT molecular complexity index is 192. The highest BCUT2D eigenvalue weighted by Gasteiger charge is 2.08. The molecule has 0 radical (unpaired) electrons. The molecule has 0 bridgehead atoms. The molecule has 0 amide bonds. The van der Waals surface area contributed by atoms with Gasteiger partial charge < -0.3 is 0 Å². The summed E-state index contributed by atoms with van der Waals surface area (Å²) in [6, 6.07) is 0. The van der Waals surface area contributed by atoms with Crippen LogP contribution in [-0.4, -0.2) is 0 Å². The van der Waals surface area contributed by atoms with Gasteiger partial charge in [-0.15, -0.1) is 0 Å². The van der Waals surface area contributed by atoms with Crippen LogP contribution < -0.4 is 0 Å². The van der Waals surface area contributed by atoms with Crippen LogP contribution in [-0.2, 0) is 0 Å². The van der Waals surface area contributed by atoms with E-state index in [1.54, 1.807) is 6.08 Å². The number of hydrogen-bond donors (Lipinski definition) is 0. The fourth-order valence-electron chi connectivity index (χ4n) is 1.87. The smallest absolute Gasteiger partial charge is 0.0830 e. The van der Waals surface area contributed by atoms with Crippen LogP contribution in [0, 0.1) is 5.92 Å². The summed E-state index contributed by atoms with van der Waals surface area (Å²) in [5.74, 6) is 0.711. The molecule has 0 aliphatic heterocycles. The van der Waals surface area contributed by atoms with Crippen LogP contribution in [0.25, 0.3) is 0 Å². The second-order valence-electron chi connectivity index (χ2n) is 4.17. The fourth-order valence-corrected chi connectivity index (χ4v) is 1.87. The van der Waals surface area contributed by atoms with Gasteiger partial charge in [0.25, 0.3) is 0 Å². The second-order valence-corrected chi connectivity index (χ2v) is 4.17. The third-order valence-electron chi connectivity index (χ3n) is 2.85. The molecule has 88 valence electrons. The summed E-state index contributed by atoms with van der Waals surface area (Å²) in [7, 11) is 0. The lowest BCUT2D eigenvalue weighted by Gasteiger charge is -2.16. The monoisotopic (exact) mass is 212 g/mol. The van der Waals surface area contributed by atoms with E-state index in [0.29, 0.717) is 12.2 Å². The Morgan fingerprint density at radius 2 is 1.93 bits per heavy atom. The van der Waals surface area contributed by atoms with E-state index in [-0.39, 0.29) is 0 Å². The van der Waals surface area contributed by atoms with Crippen LogP contribution in [0.4, 0.5) is 4.39 Å². The van der Waals surface area contributed by atoms with Crippen LogP contribution in [0.5, 0.6) is 0 Å². The number of hydrogen-bond acceptors (Lipinski definition) is 0. The third kappa shape index (κ3) is 7.35. The van der Waals surface area contributed by atoms with Gasteiger partial charge in [0.05, 0.1) is 6.33 Å². The van der Waals surface area contributed by atoms with Gasteiger partial charge in [-0.1, -0.05) is 50.8 Å². The Morgan fingerprint density at radius 3 is 2.47 bits per heavy atom. The normalized spacial score (nSPS) is 14.8. The summed E-state index contributed by atoms with van der Waals surface area (Å²) in [6.07, 6.45) is 11.4. The van der Waals surface area contributed by atoms with Crippen molar-refractivity contribution in [2.45, 2.75) is 59.3 Å². The van der Waals surface area contributed by atoms with E-state index >= 15 is 0 Å². The molecule has 0 N–H and O–H groups in total. The minimum absolute atomic E-state index is 0.630. The minimum Gasteiger partial charge on any atom is -0.216 e. The fraction of sp³-hybridized carbons (Fsp3) is 0.714. The second kappa shape index (κ2) is 9.95.